The minimum Gasteiger partial charge on any atom is -0.381 e. The first-order valence-electron chi connectivity index (χ1n) is 9.18. The Morgan fingerprint density at radius 1 is 1.23 bits per heavy atom. The number of benzene rings is 1. The van der Waals surface area contributed by atoms with E-state index in [0.717, 1.165) is 6.07 Å². The van der Waals surface area contributed by atoms with Crippen molar-refractivity contribution in [2.75, 3.05) is 23.1 Å². The summed E-state index contributed by atoms with van der Waals surface area (Å²) in [6, 6.07) is 2.56. The van der Waals surface area contributed by atoms with Gasteiger partial charge in [-0.2, -0.15) is 13.2 Å². The standard InChI is InChI=1S/C17H24F3N3O6S2/c1-16(2,3)15(24)29-23-8-6-11(7-9-23)21-13-5-4-12(22-30(25)26)10-14(13)31(27,28)17(18,19)20/h4-5,10-11,21-22H,6-9H2,1-3H3,(H,25,26). The third-order valence-electron chi connectivity index (χ3n) is 4.42. The van der Waals surface area contributed by atoms with E-state index in [1.165, 1.54) is 11.1 Å². The van der Waals surface area contributed by atoms with Crippen molar-refractivity contribution in [1.29, 1.82) is 0 Å². The van der Waals surface area contributed by atoms with E-state index >= 15 is 0 Å². The molecule has 0 amide bonds. The van der Waals surface area contributed by atoms with E-state index in [-0.39, 0.29) is 17.4 Å². The molecule has 0 aromatic heterocycles. The highest BCUT2D eigenvalue weighted by molar-refractivity contribution is 7.92. The van der Waals surface area contributed by atoms with Gasteiger partial charge >= 0.3 is 11.5 Å². The molecule has 0 aliphatic carbocycles. The number of nitrogens with zero attached hydrogens (tertiary/aromatic N) is 1. The highest BCUT2D eigenvalue weighted by atomic mass is 32.2. The Kier molecular flexibility index (Phi) is 7.61. The second kappa shape index (κ2) is 9.30. The number of carbonyl (C=O) groups is 1. The van der Waals surface area contributed by atoms with Crippen LogP contribution in [0.1, 0.15) is 33.6 Å². The van der Waals surface area contributed by atoms with E-state index < -0.39 is 42.9 Å². The quantitative estimate of drug-likeness (QED) is 0.523. The van der Waals surface area contributed by atoms with Crippen molar-refractivity contribution >= 4 is 38.4 Å². The summed E-state index contributed by atoms with van der Waals surface area (Å²) >= 11 is -2.59. The molecule has 14 heteroatoms. The summed E-state index contributed by atoms with van der Waals surface area (Å²) in [6.45, 7) is 5.74. The molecule has 176 valence electrons. The number of nitrogens with one attached hydrogen (secondary N) is 2. The fourth-order valence-electron chi connectivity index (χ4n) is 2.72. The number of piperidine rings is 1. The van der Waals surface area contributed by atoms with Crippen molar-refractivity contribution in [3.8, 4) is 0 Å². The second-order valence-corrected chi connectivity index (χ2v) is 10.6. The van der Waals surface area contributed by atoms with Gasteiger partial charge in [-0.3, -0.25) is 9.27 Å². The molecule has 0 bridgehead atoms. The number of rotatable bonds is 6. The van der Waals surface area contributed by atoms with Crippen LogP contribution in [0.4, 0.5) is 24.5 Å². The molecule has 1 saturated heterocycles. The van der Waals surface area contributed by atoms with Crippen LogP contribution in [-0.2, 0) is 30.7 Å². The fraction of sp³-hybridized carbons (Fsp3) is 0.588. The first kappa shape index (κ1) is 25.4. The largest absolute Gasteiger partial charge is 0.501 e. The fourth-order valence-corrected chi connectivity index (χ4v) is 3.99. The molecular weight excluding hydrogens is 463 g/mol. The van der Waals surface area contributed by atoms with Crippen LogP contribution in [-0.4, -0.2) is 52.9 Å². The molecule has 31 heavy (non-hydrogen) atoms. The molecule has 9 nitrogen and oxygen atoms in total. The predicted octanol–water partition coefficient (Wildman–Crippen LogP) is 2.91. The summed E-state index contributed by atoms with van der Waals surface area (Å²) in [5.74, 6) is -0.415. The molecule has 0 radical (unpaired) electrons. The number of hydrogen-bond donors (Lipinski definition) is 3. The molecule has 0 saturated carbocycles. The smallest absolute Gasteiger partial charge is 0.381 e. The lowest BCUT2D eigenvalue weighted by molar-refractivity contribution is -0.204. The Bertz CT molecular complexity index is 939. The minimum atomic E-state index is -5.72. The number of anilines is 2. The summed E-state index contributed by atoms with van der Waals surface area (Å²) in [6.07, 6.45) is 0.757. The van der Waals surface area contributed by atoms with Crippen molar-refractivity contribution in [2.45, 2.75) is 50.1 Å². The zero-order valence-corrected chi connectivity index (χ0v) is 18.7. The first-order chi connectivity index (χ1) is 14.1. The van der Waals surface area contributed by atoms with Gasteiger partial charge < -0.3 is 10.2 Å². The van der Waals surface area contributed by atoms with E-state index in [0.29, 0.717) is 32.0 Å². The number of carbonyl (C=O) groups excluding carboxylic acids is 1. The Morgan fingerprint density at radius 3 is 2.29 bits per heavy atom. The lowest BCUT2D eigenvalue weighted by Gasteiger charge is -2.33. The predicted molar refractivity (Wildman–Crippen MR) is 108 cm³/mol. The van der Waals surface area contributed by atoms with Crippen LogP contribution < -0.4 is 10.0 Å². The highest BCUT2D eigenvalue weighted by Crippen LogP contribution is 2.36. The molecule has 1 aliphatic rings. The second-order valence-electron chi connectivity index (χ2n) is 7.99. The van der Waals surface area contributed by atoms with Gasteiger partial charge in [-0.05, 0) is 51.8 Å². The van der Waals surface area contributed by atoms with Crippen molar-refractivity contribution in [3.63, 3.8) is 0 Å². The third-order valence-corrected chi connectivity index (χ3v) is 6.36. The maximum absolute atomic E-state index is 13.1. The van der Waals surface area contributed by atoms with Gasteiger partial charge in [0.25, 0.3) is 21.1 Å². The van der Waals surface area contributed by atoms with E-state index in [1.807, 2.05) is 4.72 Å². The Hall–Kier alpha value is -1.90. The molecule has 1 aromatic carbocycles. The van der Waals surface area contributed by atoms with Gasteiger partial charge in [0.1, 0.15) is 4.90 Å². The first-order valence-corrected chi connectivity index (χ1v) is 11.8. The molecule has 1 heterocycles. The van der Waals surface area contributed by atoms with E-state index in [9.17, 15) is 30.6 Å². The Balaban J connectivity index is 2.18. The third kappa shape index (κ3) is 6.54. The van der Waals surface area contributed by atoms with E-state index in [2.05, 4.69) is 5.32 Å². The molecule has 1 aromatic rings. The van der Waals surface area contributed by atoms with Crippen LogP contribution in [0.2, 0.25) is 0 Å². The van der Waals surface area contributed by atoms with Crippen molar-refractivity contribution in [3.05, 3.63) is 18.2 Å². The maximum atomic E-state index is 13.1. The van der Waals surface area contributed by atoms with Crippen LogP contribution in [0, 0.1) is 5.41 Å². The Labute approximate surface area is 180 Å². The van der Waals surface area contributed by atoms with E-state index in [1.54, 1.807) is 20.8 Å². The maximum Gasteiger partial charge on any atom is 0.501 e. The molecule has 1 fully saturated rings. The van der Waals surface area contributed by atoms with Gasteiger partial charge in [0.05, 0.1) is 11.1 Å². The van der Waals surface area contributed by atoms with Gasteiger partial charge in [0.15, 0.2) is 0 Å². The van der Waals surface area contributed by atoms with Crippen molar-refractivity contribution in [1.82, 2.24) is 5.06 Å². The summed E-state index contributed by atoms with van der Waals surface area (Å²) in [7, 11) is -5.72. The van der Waals surface area contributed by atoms with Crippen LogP contribution in [0.25, 0.3) is 0 Å². The molecule has 1 unspecified atom stereocenters. The molecule has 2 rings (SSSR count). The average molecular weight is 488 g/mol. The van der Waals surface area contributed by atoms with Gasteiger partial charge in [0, 0.05) is 24.8 Å². The average Bonchev–Trinajstić information content (AvgIpc) is 2.62. The zero-order valence-electron chi connectivity index (χ0n) is 17.0. The summed E-state index contributed by atoms with van der Waals surface area (Å²) in [5, 5.41) is 4.26. The summed E-state index contributed by atoms with van der Waals surface area (Å²) in [4.78, 5) is 16.2. The molecular formula is C17H24F3N3O6S2. The Morgan fingerprint density at radius 2 is 1.81 bits per heavy atom. The van der Waals surface area contributed by atoms with Gasteiger partial charge in [-0.15, -0.1) is 5.06 Å². The molecule has 3 N–H and O–H groups in total. The number of halogens is 3. The van der Waals surface area contributed by atoms with E-state index in [4.69, 9.17) is 9.39 Å². The zero-order chi connectivity index (χ0) is 23.6. The van der Waals surface area contributed by atoms with Crippen LogP contribution >= 0.6 is 0 Å². The minimum absolute atomic E-state index is 0.266. The number of alkyl halides is 3. The SMILES string of the molecule is CC(C)(C)C(=O)ON1CCC(Nc2ccc(NS(=O)O)cc2S(=O)(=O)C(F)(F)F)CC1. The van der Waals surface area contributed by atoms with Crippen molar-refractivity contribution < 1.29 is 40.0 Å². The van der Waals surface area contributed by atoms with Crippen molar-refractivity contribution in [2.24, 2.45) is 5.41 Å². The lowest BCUT2D eigenvalue weighted by Crippen LogP contribution is -2.42. The monoisotopic (exact) mass is 487 g/mol. The summed E-state index contributed by atoms with van der Waals surface area (Å²) < 4.78 is 85.1. The molecule has 0 spiro atoms. The number of hydrogen-bond acceptors (Lipinski definition) is 7. The molecule has 1 aliphatic heterocycles. The van der Waals surface area contributed by atoms with Crippen LogP contribution in [0.3, 0.4) is 0 Å². The summed E-state index contributed by atoms with van der Waals surface area (Å²) in [5.41, 5.74) is -6.79. The number of sulfone groups is 1. The normalized spacial score (nSPS) is 17.8. The van der Waals surface area contributed by atoms with Gasteiger partial charge in [-0.25, -0.2) is 17.4 Å². The molecule has 1 atom stereocenters. The highest BCUT2D eigenvalue weighted by Gasteiger charge is 2.48. The lowest BCUT2D eigenvalue weighted by atomic mass is 9.98. The van der Waals surface area contributed by atoms with Gasteiger partial charge in [0.2, 0.25) is 0 Å². The van der Waals surface area contributed by atoms with Crippen LogP contribution in [0.5, 0.6) is 0 Å². The van der Waals surface area contributed by atoms with Crippen LogP contribution in [0.15, 0.2) is 23.1 Å². The van der Waals surface area contributed by atoms with Gasteiger partial charge in [-0.1, -0.05) is 0 Å². The number of hydroxylamine groups is 2. The topological polar surface area (TPSA) is 125 Å².